The molecule has 5 atom stereocenters. The Labute approximate surface area is 196 Å². The number of thioether (sulfide) groups is 1. The third kappa shape index (κ3) is 10.7. The van der Waals surface area contributed by atoms with E-state index in [0.29, 0.717) is 18.6 Å². The standard InChI is InChI=1S/C22H42N4O5S/c1-8-14(6)18(21(29)24-15(22(30)31)9-10-32-7)26-19(27)16(11-12(2)3)25-20(28)17(23)13(4)5/h12-18H,8-11,23H2,1-7H3,(H,24,29)(H,25,28)(H,26,27)(H,30,31)/t14-,15-,16-,17-,18-/m0/s1. The average molecular weight is 475 g/mol. The molecule has 0 bridgehead atoms. The molecule has 0 aliphatic heterocycles. The van der Waals surface area contributed by atoms with Crippen LogP contribution in [-0.2, 0) is 19.2 Å². The number of nitrogens with one attached hydrogen (secondary N) is 3. The van der Waals surface area contributed by atoms with E-state index in [1.54, 1.807) is 0 Å². The van der Waals surface area contributed by atoms with Crippen molar-refractivity contribution < 1.29 is 24.3 Å². The normalized spacial score (nSPS) is 16.1. The summed E-state index contributed by atoms with van der Waals surface area (Å²) in [5.74, 6) is -2.21. The number of nitrogens with two attached hydrogens (primary N) is 1. The molecule has 10 heteroatoms. The molecule has 0 rings (SSSR count). The van der Waals surface area contributed by atoms with Crippen LogP contribution < -0.4 is 21.7 Å². The molecule has 6 N–H and O–H groups in total. The predicted molar refractivity (Wildman–Crippen MR) is 128 cm³/mol. The van der Waals surface area contributed by atoms with Gasteiger partial charge in [0.15, 0.2) is 0 Å². The molecule has 0 heterocycles. The van der Waals surface area contributed by atoms with Gasteiger partial charge in [0, 0.05) is 0 Å². The Hall–Kier alpha value is -1.81. The Morgan fingerprint density at radius 1 is 0.906 bits per heavy atom. The number of carbonyl (C=O) groups is 4. The minimum Gasteiger partial charge on any atom is -0.480 e. The molecule has 0 aromatic carbocycles. The predicted octanol–water partition coefficient (Wildman–Crippen LogP) is 1.35. The number of carboxylic acids is 1. The van der Waals surface area contributed by atoms with Gasteiger partial charge in [-0.05, 0) is 42.6 Å². The number of carboxylic acid groups (broad SMARTS) is 1. The number of carbonyl (C=O) groups excluding carboxylic acids is 3. The van der Waals surface area contributed by atoms with E-state index in [1.165, 1.54) is 11.8 Å². The molecule has 0 spiro atoms. The van der Waals surface area contributed by atoms with Crippen molar-refractivity contribution in [1.82, 2.24) is 16.0 Å². The molecule has 0 saturated heterocycles. The lowest BCUT2D eigenvalue weighted by atomic mass is 9.96. The Morgan fingerprint density at radius 3 is 1.91 bits per heavy atom. The zero-order valence-corrected chi connectivity index (χ0v) is 21.3. The molecule has 0 fully saturated rings. The molecule has 0 aliphatic carbocycles. The van der Waals surface area contributed by atoms with E-state index >= 15 is 0 Å². The zero-order valence-electron chi connectivity index (χ0n) is 20.4. The largest absolute Gasteiger partial charge is 0.480 e. The Balaban J connectivity index is 5.52. The summed E-state index contributed by atoms with van der Waals surface area (Å²) in [6, 6.07) is -3.56. The van der Waals surface area contributed by atoms with Crippen LogP contribution in [0.5, 0.6) is 0 Å². The lowest BCUT2D eigenvalue weighted by molar-refractivity contribution is -0.142. The van der Waals surface area contributed by atoms with Crippen LogP contribution in [0.3, 0.4) is 0 Å². The van der Waals surface area contributed by atoms with E-state index in [0.717, 1.165) is 0 Å². The van der Waals surface area contributed by atoms with Crippen LogP contribution in [0.2, 0.25) is 0 Å². The molecule has 0 saturated carbocycles. The van der Waals surface area contributed by atoms with Crippen molar-refractivity contribution in [3.63, 3.8) is 0 Å². The molecule has 0 unspecified atom stereocenters. The summed E-state index contributed by atoms with van der Waals surface area (Å²) in [5, 5.41) is 17.4. The first kappa shape index (κ1) is 30.2. The Bertz CT molecular complexity index is 629. The highest BCUT2D eigenvalue weighted by molar-refractivity contribution is 7.98. The number of amides is 3. The van der Waals surface area contributed by atoms with Crippen molar-refractivity contribution in [1.29, 1.82) is 0 Å². The molecule has 0 radical (unpaired) electrons. The van der Waals surface area contributed by atoms with Gasteiger partial charge in [-0.3, -0.25) is 14.4 Å². The summed E-state index contributed by atoms with van der Waals surface area (Å²) in [4.78, 5) is 50.0. The molecule has 32 heavy (non-hydrogen) atoms. The maximum absolute atomic E-state index is 13.1. The summed E-state index contributed by atoms with van der Waals surface area (Å²) in [6.07, 6.45) is 3.11. The van der Waals surface area contributed by atoms with Crippen LogP contribution in [0.25, 0.3) is 0 Å². The fourth-order valence-corrected chi connectivity index (χ4v) is 3.46. The number of hydrogen-bond acceptors (Lipinski definition) is 6. The fourth-order valence-electron chi connectivity index (χ4n) is 2.98. The highest BCUT2D eigenvalue weighted by Gasteiger charge is 2.33. The topological polar surface area (TPSA) is 151 Å². The third-order valence-electron chi connectivity index (χ3n) is 5.38. The van der Waals surface area contributed by atoms with Gasteiger partial charge in [0.2, 0.25) is 17.7 Å². The van der Waals surface area contributed by atoms with Crippen LogP contribution in [0.1, 0.15) is 60.8 Å². The first-order valence-corrected chi connectivity index (χ1v) is 12.6. The van der Waals surface area contributed by atoms with Gasteiger partial charge in [-0.25, -0.2) is 4.79 Å². The van der Waals surface area contributed by atoms with E-state index in [2.05, 4.69) is 16.0 Å². The Morgan fingerprint density at radius 2 is 1.47 bits per heavy atom. The van der Waals surface area contributed by atoms with Gasteiger partial charge < -0.3 is 26.8 Å². The summed E-state index contributed by atoms with van der Waals surface area (Å²) < 4.78 is 0. The second-order valence-corrected chi connectivity index (χ2v) is 10.00. The minimum atomic E-state index is -1.12. The van der Waals surface area contributed by atoms with E-state index in [9.17, 15) is 24.3 Å². The summed E-state index contributed by atoms with van der Waals surface area (Å²) in [6.45, 7) is 11.2. The first-order valence-electron chi connectivity index (χ1n) is 11.2. The highest BCUT2D eigenvalue weighted by Crippen LogP contribution is 2.12. The molecule has 3 amide bonds. The molecule has 186 valence electrons. The van der Waals surface area contributed by atoms with Crippen LogP contribution in [0, 0.1) is 17.8 Å². The fraction of sp³-hybridized carbons (Fsp3) is 0.818. The molecule has 0 aromatic heterocycles. The van der Waals surface area contributed by atoms with Gasteiger partial charge >= 0.3 is 5.97 Å². The Kier molecular flexibility index (Phi) is 14.2. The van der Waals surface area contributed by atoms with Crippen molar-refractivity contribution in [3.8, 4) is 0 Å². The van der Waals surface area contributed by atoms with Gasteiger partial charge in [-0.2, -0.15) is 11.8 Å². The monoisotopic (exact) mass is 474 g/mol. The van der Waals surface area contributed by atoms with Crippen molar-refractivity contribution in [3.05, 3.63) is 0 Å². The number of rotatable bonds is 15. The smallest absolute Gasteiger partial charge is 0.326 e. The van der Waals surface area contributed by atoms with Crippen LogP contribution in [-0.4, -0.2) is 65.0 Å². The molecular formula is C22H42N4O5S. The highest BCUT2D eigenvalue weighted by atomic mass is 32.2. The third-order valence-corrected chi connectivity index (χ3v) is 6.02. The lowest BCUT2D eigenvalue weighted by Gasteiger charge is -2.29. The van der Waals surface area contributed by atoms with E-state index < -0.39 is 47.9 Å². The molecule has 0 aromatic rings. The van der Waals surface area contributed by atoms with E-state index in [-0.39, 0.29) is 24.2 Å². The molecule has 0 aliphatic rings. The van der Waals surface area contributed by atoms with Crippen molar-refractivity contribution >= 4 is 35.5 Å². The number of aliphatic carboxylic acids is 1. The molecule has 9 nitrogen and oxygen atoms in total. The minimum absolute atomic E-state index is 0.0920. The van der Waals surface area contributed by atoms with Crippen molar-refractivity contribution in [2.24, 2.45) is 23.5 Å². The summed E-state index contributed by atoms with van der Waals surface area (Å²) in [5.41, 5.74) is 5.92. The van der Waals surface area contributed by atoms with Crippen LogP contribution in [0.4, 0.5) is 0 Å². The number of hydrogen-bond donors (Lipinski definition) is 5. The first-order chi connectivity index (χ1) is 14.8. The average Bonchev–Trinajstić information content (AvgIpc) is 2.71. The summed E-state index contributed by atoms with van der Waals surface area (Å²) >= 11 is 1.49. The second-order valence-electron chi connectivity index (χ2n) is 9.01. The maximum Gasteiger partial charge on any atom is 0.326 e. The van der Waals surface area contributed by atoms with Crippen molar-refractivity contribution in [2.75, 3.05) is 12.0 Å². The van der Waals surface area contributed by atoms with E-state index in [4.69, 9.17) is 5.73 Å². The van der Waals surface area contributed by atoms with Gasteiger partial charge in [0.05, 0.1) is 6.04 Å². The van der Waals surface area contributed by atoms with Gasteiger partial charge in [-0.1, -0.05) is 48.0 Å². The lowest BCUT2D eigenvalue weighted by Crippen LogP contribution is -2.59. The van der Waals surface area contributed by atoms with Crippen LogP contribution in [0.15, 0.2) is 0 Å². The van der Waals surface area contributed by atoms with Crippen LogP contribution >= 0.6 is 11.8 Å². The second kappa shape index (κ2) is 15.1. The zero-order chi connectivity index (χ0) is 25.0. The van der Waals surface area contributed by atoms with Gasteiger partial charge in [0.25, 0.3) is 0 Å². The SMILES string of the molecule is CC[C@H](C)[C@H](NC(=O)[C@H](CC(C)C)NC(=O)[C@@H](N)C(C)C)C(=O)N[C@@H](CCSC)C(=O)O. The maximum atomic E-state index is 13.1. The van der Waals surface area contributed by atoms with Gasteiger partial charge in [0.1, 0.15) is 18.1 Å². The van der Waals surface area contributed by atoms with E-state index in [1.807, 2.05) is 47.8 Å². The van der Waals surface area contributed by atoms with Crippen molar-refractivity contribution in [2.45, 2.75) is 85.0 Å². The molecular weight excluding hydrogens is 432 g/mol. The quantitative estimate of drug-likeness (QED) is 0.240. The summed E-state index contributed by atoms with van der Waals surface area (Å²) in [7, 11) is 0. The van der Waals surface area contributed by atoms with Gasteiger partial charge in [-0.15, -0.1) is 0 Å².